The molecule has 1 aliphatic heterocycles. The highest BCUT2D eigenvalue weighted by molar-refractivity contribution is 6.00. The van der Waals surface area contributed by atoms with Crippen molar-refractivity contribution in [2.75, 3.05) is 20.7 Å². The number of carbonyl (C=O) groups is 1. The molecule has 0 atom stereocenters. The zero-order chi connectivity index (χ0) is 17.1. The summed E-state index contributed by atoms with van der Waals surface area (Å²) in [5.74, 6) is 0.943. The van der Waals surface area contributed by atoms with Crippen molar-refractivity contribution in [3.63, 3.8) is 0 Å². The molecule has 0 spiro atoms. The minimum atomic E-state index is -0.114. The summed E-state index contributed by atoms with van der Waals surface area (Å²) in [5, 5.41) is 12.5. The number of nitrogens with zero attached hydrogens (tertiary/aromatic N) is 2. The molecule has 7 heteroatoms. The third-order valence-corrected chi connectivity index (χ3v) is 3.76. The molecule has 0 unspecified atom stereocenters. The van der Waals surface area contributed by atoms with Gasteiger partial charge >= 0.3 is 0 Å². The average Bonchev–Trinajstić information content (AvgIpc) is 3.02. The molecule has 2 heterocycles. The number of nitrogens with one attached hydrogen (secondary N) is 2. The van der Waals surface area contributed by atoms with Gasteiger partial charge in [0.1, 0.15) is 17.3 Å². The Morgan fingerprint density at radius 3 is 3.04 bits per heavy atom. The molecular weight excluding hydrogens is 308 g/mol. The van der Waals surface area contributed by atoms with Crippen molar-refractivity contribution in [3.8, 4) is 17.0 Å². The van der Waals surface area contributed by atoms with Crippen LogP contribution in [0.5, 0.6) is 5.75 Å². The monoisotopic (exact) mass is 326 g/mol. The van der Waals surface area contributed by atoms with Crippen LogP contribution in [-0.4, -0.2) is 47.9 Å². The maximum Gasteiger partial charge on any atom is 0.255 e. The number of fused-ring (bicyclic) bond motifs is 1. The first-order valence-corrected chi connectivity index (χ1v) is 7.49. The number of aromatic nitrogens is 2. The van der Waals surface area contributed by atoms with Crippen LogP contribution in [0.1, 0.15) is 21.7 Å². The molecule has 3 N–H and O–H groups in total. The molecule has 0 radical (unpaired) electrons. The number of hydrogen-bond acceptors (Lipinski definition) is 5. The molecular formula is C17H18N4O3. The molecule has 1 aliphatic rings. The Hall–Kier alpha value is -3.09. The molecule has 0 fully saturated rings. The van der Waals surface area contributed by atoms with Gasteiger partial charge in [-0.15, -0.1) is 0 Å². The fourth-order valence-corrected chi connectivity index (χ4v) is 2.71. The molecule has 0 bridgehead atoms. The Morgan fingerprint density at radius 1 is 1.46 bits per heavy atom. The number of aromatic amines is 1. The molecule has 0 saturated heterocycles. The van der Waals surface area contributed by atoms with Crippen molar-refractivity contribution in [2.45, 2.75) is 6.42 Å². The number of rotatable bonds is 4. The lowest BCUT2D eigenvalue weighted by Gasteiger charge is -2.20. The predicted molar refractivity (Wildman–Crippen MR) is 91.6 cm³/mol. The van der Waals surface area contributed by atoms with Gasteiger partial charge in [-0.25, -0.2) is 4.98 Å². The molecule has 1 aromatic carbocycles. The molecule has 7 nitrogen and oxygen atoms in total. The van der Waals surface area contributed by atoms with Gasteiger partial charge in [0.2, 0.25) is 0 Å². The quantitative estimate of drug-likeness (QED) is 0.591. The zero-order valence-electron chi connectivity index (χ0n) is 13.5. The number of imidazole rings is 1. The van der Waals surface area contributed by atoms with Crippen LogP contribution in [0.3, 0.4) is 0 Å². The zero-order valence-corrected chi connectivity index (χ0v) is 13.5. The molecule has 0 aliphatic carbocycles. The van der Waals surface area contributed by atoms with Crippen molar-refractivity contribution in [1.82, 2.24) is 15.3 Å². The van der Waals surface area contributed by atoms with Crippen molar-refractivity contribution in [3.05, 3.63) is 41.0 Å². The van der Waals surface area contributed by atoms with Gasteiger partial charge in [-0.05, 0) is 24.1 Å². The van der Waals surface area contributed by atoms with Crippen LogP contribution in [0.25, 0.3) is 17.3 Å². The summed E-state index contributed by atoms with van der Waals surface area (Å²) in [4.78, 5) is 23.1. The van der Waals surface area contributed by atoms with E-state index in [-0.39, 0.29) is 11.7 Å². The highest BCUT2D eigenvalue weighted by Crippen LogP contribution is 2.31. The van der Waals surface area contributed by atoms with E-state index in [1.807, 2.05) is 6.07 Å². The highest BCUT2D eigenvalue weighted by atomic mass is 16.5. The van der Waals surface area contributed by atoms with Crippen LogP contribution >= 0.6 is 0 Å². The van der Waals surface area contributed by atoms with E-state index in [4.69, 9.17) is 4.74 Å². The van der Waals surface area contributed by atoms with Crippen molar-refractivity contribution >= 4 is 18.2 Å². The van der Waals surface area contributed by atoms with Crippen molar-refractivity contribution in [1.29, 1.82) is 0 Å². The highest BCUT2D eigenvalue weighted by Gasteiger charge is 2.22. The first kappa shape index (κ1) is 15.8. The van der Waals surface area contributed by atoms with Gasteiger partial charge in [-0.2, -0.15) is 0 Å². The first-order chi connectivity index (χ1) is 11.6. The Morgan fingerprint density at radius 2 is 2.29 bits per heavy atom. The molecule has 1 aromatic heterocycles. The average molecular weight is 326 g/mol. The van der Waals surface area contributed by atoms with Crippen LogP contribution in [0, 0.1) is 0 Å². The number of methoxy groups -OCH3 is 1. The van der Waals surface area contributed by atoms with Crippen LogP contribution in [0.4, 0.5) is 0 Å². The number of aliphatic hydroxyl groups excluding tert-OH is 1. The summed E-state index contributed by atoms with van der Waals surface area (Å²) in [7, 11) is 3.12. The minimum Gasteiger partial charge on any atom is -0.506 e. The normalized spacial score (nSPS) is 14.6. The number of amides is 1. The second-order valence-electron chi connectivity index (χ2n) is 5.36. The van der Waals surface area contributed by atoms with Gasteiger partial charge in [-0.3, -0.25) is 9.79 Å². The van der Waals surface area contributed by atoms with E-state index < -0.39 is 0 Å². The number of aliphatic hydroxyl groups is 1. The van der Waals surface area contributed by atoms with Crippen molar-refractivity contribution < 1.29 is 14.6 Å². The molecule has 24 heavy (non-hydrogen) atoms. The fraction of sp³-hybridized carbons (Fsp3) is 0.235. The van der Waals surface area contributed by atoms with Gasteiger partial charge < -0.3 is 20.1 Å². The molecule has 3 rings (SSSR count). The maximum atomic E-state index is 12.0. The summed E-state index contributed by atoms with van der Waals surface area (Å²) >= 11 is 0. The van der Waals surface area contributed by atoms with E-state index >= 15 is 0 Å². The minimum absolute atomic E-state index is 0.0121. The van der Waals surface area contributed by atoms with E-state index in [0.29, 0.717) is 23.7 Å². The van der Waals surface area contributed by atoms with Gasteiger partial charge in [0.15, 0.2) is 0 Å². The maximum absolute atomic E-state index is 12.0. The van der Waals surface area contributed by atoms with Crippen LogP contribution in [0.15, 0.2) is 29.1 Å². The van der Waals surface area contributed by atoms with Gasteiger partial charge in [0.25, 0.3) is 5.91 Å². The van der Waals surface area contributed by atoms with Gasteiger partial charge in [0.05, 0.1) is 30.8 Å². The van der Waals surface area contributed by atoms with E-state index in [1.54, 1.807) is 26.4 Å². The molecule has 2 aromatic rings. The first-order valence-electron chi connectivity index (χ1n) is 7.49. The Bertz CT molecular complexity index is 819. The number of aliphatic imine (C=N–C) groups is 1. The largest absolute Gasteiger partial charge is 0.506 e. The Kier molecular flexibility index (Phi) is 4.33. The fourth-order valence-electron chi connectivity index (χ4n) is 2.71. The number of H-pyrrole nitrogens is 1. The molecule has 0 saturated carbocycles. The standard InChI is InChI=1S/C17H18N4O3/c1-18-8-12(22)7-15-20-9-13(21-15)11-5-10-3-4-19-17(23)16(10)14(6-11)24-2/h5-9,22H,3-4H2,1-2H3,(H,19,23)(H,20,21)/b12-7+,18-8-. The second kappa shape index (κ2) is 6.57. The van der Waals surface area contributed by atoms with E-state index in [0.717, 1.165) is 23.2 Å². The molecule has 1 amide bonds. The van der Waals surface area contributed by atoms with Crippen molar-refractivity contribution in [2.24, 2.45) is 4.99 Å². The lowest BCUT2D eigenvalue weighted by molar-refractivity contribution is 0.0942. The number of benzene rings is 1. The van der Waals surface area contributed by atoms with Gasteiger partial charge in [0, 0.05) is 25.2 Å². The SMILES string of the molecule is C/N=C\C(O)=C/c1ncc(-c2cc3c(c(OC)c2)C(=O)NCC3)[nH]1. The smallest absolute Gasteiger partial charge is 0.255 e. The van der Waals surface area contributed by atoms with Crippen LogP contribution in [-0.2, 0) is 6.42 Å². The summed E-state index contributed by atoms with van der Waals surface area (Å²) < 4.78 is 5.38. The Labute approximate surface area is 139 Å². The third kappa shape index (κ3) is 3.01. The third-order valence-electron chi connectivity index (χ3n) is 3.76. The Balaban J connectivity index is 2.00. The van der Waals surface area contributed by atoms with E-state index in [9.17, 15) is 9.90 Å². The lowest BCUT2D eigenvalue weighted by Crippen LogP contribution is -2.32. The van der Waals surface area contributed by atoms with E-state index in [2.05, 4.69) is 20.3 Å². The number of carbonyl (C=O) groups excluding carboxylic acids is 1. The number of allylic oxidation sites excluding steroid dienone is 1. The van der Waals surface area contributed by atoms with Gasteiger partial charge in [-0.1, -0.05) is 0 Å². The second-order valence-corrected chi connectivity index (χ2v) is 5.36. The number of hydrogen-bond donors (Lipinski definition) is 3. The summed E-state index contributed by atoms with van der Waals surface area (Å²) in [6.07, 6.45) is 5.24. The van der Waals surface area contributed by atoms with Crippen LogP contribution < -0.4 is 10.1 Å². The predicted octanol–water partition coefficient (Wildman–Crippen LogP) is 1.97. The van der Waals surface area contributed by atoms with Crippen LogP contribution in [0.2, 0.25) is 0 Å². The molecule has 124 valence electrons. The summed E-state index contributed by atoms with van der Waals surface area (Å²) in [5.41, 5.74) is 3.18. The summed E-state index contributed by atoms with van der Waals surface area (Å²) in [6, 6.07) is 3.77. The lowest BCUT2D eigenvalue weighted by atomic mass is 9.96. The van der Waals surface area contributed by atoms with E-state index in [1.165, 1.54) is 12.3 Å². The number of ether oxygens (including phenoxy) is 1. The topological polar surface area (TPSA) is 99.6 Å². The summed E-state index contributed by atoms with van der Waals surface area (Å²) in [6.45, 7) is 0.611.